The zero-order valence-electron chi connectivity index (χ0n) is 7.23. The van der Waals surface area contributed by atoms with E-state index in [0.717, 1.165) is 11.3 Å². The van der Waals surface area contributed by atoms with Crippen molar-refractivity contribution in [3.63, 3.8) is 0 Å². The summed E-state index contributed by atoms with van der Waals surface area (Å²) in [6.45, 7) is 0. The second-order valence-corrected chi connectivity index (χ2v) is 4.02. The normalized spacial score (nSPS) is 10.5. The Morgan fingerprint density at radius 1 is 1.67 bits per heavy atom. The molecular weight excluding hydrogens is 240 g/mol. The Balaban J connectivity index is 2.52. The van der Waals surface area contributed by atoms with Crippen LogP contribution in [0.5, 0.6) is 0 Å². The standard InChI is InChI=1S/C8H5ClN2O3S/c9-5-3(1-2-14-5)7-11-4(8(12)13)6(10)15-7/h1-2H,10H2,(H,12,13). The highest BCUT2D eigenvalue weighted by Gasteiger charge is 2.18. The molecule has 3 N–H and O–H groups in total. The van der Waals surface area contributed by atoms with Crippen molar-refractivity contribution in [2.45, 2.75) is 0 Å². The molecule has 2 aromatic rings. The molecule has 2 rings (SSSR count). The SMILES string of the molecule is Nc1sc(-c2ccoc2Cl)nc1C(=O)O. The van der Waals surface area contributed by atoms with E-state index < -0.39 is 5.97 Å². The Kier molecular flexibility index (Phi) is 2.37. The lowest BCUT2D eigenvalue weighted by molar-refractivity contribution is 0.0692. The third-order valence-electron chi connectivity index (χ3n) is 1.70. The topological polar surface area (TPSA) is 89.4 Å². The van der Waals surface area contributed by atoms with Crippen LogP contribution in [0.2, 0.25) is 5.22 Å². The summed E-state index contributed by atoms with van der Waals surface area (Å²) in [4.78, 5) is 14.6. The minimum atomic E-state index is -1.16. The number of hydrogen-bond acceptors (Lipinski definition) is 5. The smallest absolute Gasteiger partial charge is 0.357 e. The molecule has 7 heteroatoms. The van der Waals surface area contributed by atoms with Crippen LogP contribution in [-0.4, -0.2) is 16.1 Å². The fourth-order valence-electron chi connectivity index (χ4n) is 1.05. The summed E-state index contributed by atoms with van der Waals surface area (Å²) in [5, 5.41) is 9.50. The first-order valence-electron chi connectivity index (χ1n) is 3.82. The van der Waals surface area contributed by atoms with Crippen molar-refractivity contribution in [1.82, 2.24) is 4.98 Å². The Labute approximate surface area is 93.1 Å². The summed E-state index contributed by atoms with van der Waals surface area (Å²) in [5.41, 5.74) is 5.88. The maximum atomic E-state index is 10.7. The van der Waals surface area contributed by atoms with Gasteiger partial charge in [-0.2, -0.15) is 0 Å². The summed E-state index contributed by atoms with van der Waals surface area (Å²) in [5.74, 6) is -1.16. The van der Waals surface area contributed by atoms with Crippen LogP contribution in [0.15, 0.2) is 16.7 Å². The maximum absolute atomic E-state index is 10.7. The van der Waals surface area contributed by atoms with Crippen molar-refractivity contribution in [3.8, 4) is 10.6 Å². The van der Waals surface area contributed by atoms with Crippen molar-refractivity contribution in [3.05, 3.63) is 23.2 Å². The van der Waals surface area contributed by atoms with Crippen LogP contribution in [-0.2, 0) is 0 Å². The van der Waals surface area contributed by atoms with Gasteiger partial charge in [0.25, 0.3) is 0 Å². The van der Waals surface area contributed by atoms with Crippen LogP contribution in [0.3, 0.4) is 0 Å². The van der Waals surface area contributed by atoms with Gasteiger partial charge in [-0.3, -0.25) is 0 Å². The number of nitrogen functional groups attached to an aromatic ring is 1. The highest BCUT2D eigenvalue weighted by molar-refractivity contribution is 7.19. The molecule has 0 bridgehead atoms. The van der Waals surface area contributed by atoms with Gasteiger partial charge in [-0.1, -0.05) is 11.3 Å². The van der Waals surface area contributed by atoms with Gasteiger partial charge in [0.1, 0.15) is 10.0 Å². The number of furan rings is 1. The first kappa shape index (κ1) is 10.0. The van der Waals surface area contributed by atoms with Gasteiger partial charge in [0.2, 0.25) is 5.22 Å². The van der Waals surface area contributed by atoms with Gasteiger partial charge in [0.15, 0.2) is 5.69 Å². The third-order valence-corrected chi connectivity index (χ3v) is 2.91. The number of carboxylic acid groups (broad SMARTS) is 1. The van der Waals surface area contributed by atoms with Crippen molar-refractivity contribution < 1.29 is 14.3 Å². The van der Waals surface area contributed by atoms with Gasteiger partial charge in [-0.05, 0) is 17.7 Å². The predicted molar refractivity (Wildman–Crippen MR) is 56.2 cm³/mol. The second-order valence-electron chi connectivity index (χ2n) is 2.65. The second kappa shape index (κ2) is 3.56. The molecule has 78 valence electrons. The zero-order valence-corrected chi connectivity index (χ0v) is 8.80. The van der Waals surface area contributed by atoms with E-state index in [1.165, 1.54) is 6.26 Å². The molecule has 5 nitrogen and oxygen atoms in total. The van der Waals surface area contributed by atoms with Crippen LogP contribution >= 0.6 is 22.9 Å². The molecule has 0 radical (unpaired) electrons. The van der Waals surface area contributed by atoms with Gasteiger partial charge < -0.3 is 15.3 Å². The van der Waals surface area contributed by atoms with Crippen LogP contribution in [0.25, 0.3) is 10.6 Å². The molecule has 15 heavy (non-hydrogen) atoms. The summed E-state index contributed by atoms with van der Waals surface area (Å²) in [6.07, 6.45) is 1.40. The molecule has 0 fully saturated rings. The third kappa shape index (κ3) is 1.69. The fourth-order valence-corrected chi connectivity index (χ4v) is 2.15. The van der Waals surface area contributed by atoms with Gasteiger partial charge in [-0.25, -0.2) is 9.78 Å². The minimum Gasteiger partial charge on any atom is -0.476 e. The first-order chi connectivity index (χ1) is 7.09. The van der Waals surface area contributed by atoms with E-state index >= 15 is 0 Å². The summed E-state index contributed by atoms with van der Waals surface area (Å²) in [7, 11) is 0. The van der Waals surface area contributed by atoms with Crippen molar-refractivity contribution >= 4 is 33.9 Å². The Hall–Kier alpha value is -1.53. The molecule has 0 saturated heterocycles. The lowest BCUT2D eigenvalue weighted by atomic mass is 10.3. The molecule has 0 saturated carbocycles. The summed E-state index contributed by atoms with van der Waals surface area (Å²) >= 11 is 6.78. The number of nitrogens with two attached hydrogens (primary N) is 1. The molecule has 0 amide bonds. The highest BCUT2D eigenvalue weighted by atomic mass is 35.5. The number of nitrogens with zero attached hydrogens (tertiary/aromatic N) is 1. The molecular formula is C8H5ClN2O3S. The quantitative estimate of drug-likeness (QED) is 0.846. The maximum Gasteiger partial charge on any atom is 0.357 e. The molecule has 0 aliphatic rings. The molecule has 0 aliphatic carbocycles. The van der Waals surface area contributed by atoms with E-state index in [1.807, 2.05) is 0 Å². The number of carbonyl (C=O) groups is 1. The van der Waals surface area contributed by atoms with Gasteiger partial charge >= 0.3 is 5.97 Å². The lowest BCUT2D eigenvalue weighted by Crippen LogP contribution is -2.00. The Morgan fingerprint density at radius 2 is 2.40 bits per heavy atom. The lowest BCUT2D eigenvalue weighted by Gasteiger charge is -1.88. The summed E-state index contributed by atoms with van der Waals surface area (Å²) in [6, 6.07) is 1.60. The number of thiazole rings is 1. The van der Waals surface area contributed by atoms with Crippen LogP contribution < -0.4 is 5.73 Å². The molecule has 0 aliphatic heterocycles. The van der Waals surface area contributed by atoms with Crippen molar-refractivity contribution in [1.29, 1.82) is 0 Å². The summed E-state index contributed by atoms with van der Waals surface area (Å²) < 4.78 is 4.87. The van der Waals surface area contributed by atoms with E-state index in [2.05, 4.69) is 4.98 Å². The average Bonchev–Trinajstić information content (AvgIpc) is 2.71. The van der Waals surface area contributed by atoms with Gasteiger partial charge in [0, 0.05) is 0 Å². The monoisotopic (exact) mass is 244 g/mol. The van der Waals surface area contributed by atoms with E-state index in [1.54, 1.807) is 6.07 Å². The van der Waals surface area contributed by atoms with E-state index in [0.29, 0.717) is 10.6 Å². The molecule has 0 aromatic carbocycles. The number of aromatic nitrogens is 1. The van der Waals surface area contributed by atoms with E-state index in [-0.39, 0.29) is 15.9 Å². The molecule has 0 unspecified atom stereocenters. The zero-order chi connectivity index (χ0) is 11.0. The Morgan fingerprint density at radius 3 is 2.87 bits per heavy atom. The number of aromatic carboxylic acids is 1. The van der Waals surface area contributed by atoms with Gasteiger partial charge in [0.05, 0.1) is 11.8 Å². The van der Waals surface area contributed by atoms with Gasteiger partial charge in [-0.15, -0.1) is 0 Å². The number of halogens is 1. The number of rotatable bonds is 2. The Bertz CT molecular complexity index is 520. The average molecular weight is 245 g/mol. The number of hydrogen-bond donors (Lipinski definition) is 2. The van der Waals surface area contributed by atoms with Crippen molar-refractivity contribution in [2.24, 2.45) is 0 Å². The van der Waals surface area contributed by atoms with E-state index in [9.17, 15) is 4.79 Å². The van der Waals surface area contributed by atoms with Crippen LogP contribution in [0.4, 0.5) is 5.00 Å². The van der Waals surface area contributed by atoms with E-state index in [4.69, 9.17) is 26.9 Å². The first-order valence-corrected chi connectivity index (χ1v) is 5.02. The number of carboxylic acids is 1. The highest BCUT2D eigenvalue weighted by Crippen LogP contribution is 2.34. The largest absolute Gasteiger partial charge is 0.476 e. The predicted octanol–water partition coefficient (Wildman–Crippen LogP) is 2.34. The molecule has 0 spiro atoms. The minimum absolute atomic E-state index is 0.148. The van der Waals surface area contributed by atoms with Crippen LogP contribution in [0.1, 0.15) is 10.5 Å². The molecule has 2 heterocycles. The molecule has 2 aromatic heterocycles. The number of anilines is 1. The fraction of sp³-hybridized carbons (Fsp3) is 0. The van der Waals surface area contributed by atoms with Crippen molar-refractivity contribution in [2.75, 3.05) is 5.73 Å². The van der Waals surface area contributed by atoms with Crippen LogP contribution in [0, 0.1) is 0 Å². The molecule has 0 atom stereocenters.